The van der Waals surface area contributed by atoms with Crippen molar-refractivity contribution in [2.24, 2.45) is 10.4 Å². The van der Waals surface area contributed by atoms with E-state index >= 15 is 0 Å². The number of hydrogen-bond donors (Lipinski definition) is 0. The summed E-state index contributed by atoms with van der Waals surface area (Å²) < 4.78 is 0. The van der Waals surface area contributed by atoms with Crippen molar-refractivity contribution in [1.82, 2.24) is 0 Å². The van der Waals surface area contributed by atoms with Gasteiger partial charge in [-0.2, -0.15) is 0 Å². The van der Waals surface area contributed by atoms with Gasteiger partial charge in [-0.1, -0.05) is 52.9 Å². The second kappa shape index (κ2) is 8.02. The first-order valence-corrected chi connectivity index (χ1v) is 6.03. The van der Waals surface area contributed by atoms with Gasteiger partial charge in [0.15, 0.2) is 0 Å². The van der Waals surface area contributed by atoms with Gasteiger partial charge >= 0.3 is 0 Å². The summed E-state index contributed by atoms with van der Waals surface area (Å²) >= 11 is 0. The molecule has 0 rings (SSSR count). The Balaban J connectivity index is 3.45. The maximum atomic E-state index is 4.05. The molecule has 0 aliphatic heterocycles. The third kappa shape index (κ3) is 8.28. The van der Waals surface area contributed by atoms with Crippen molar-refractivity contribution in [2.45, 2.75) is 65.7 Å². The maximum Gasteiger partial charge on any atom is 0.0273 e. The first-order chi connectivity index (χ1) is 6.62. The predicted octanol–water partition coefficient (Wildman–Crippen LogP) is 4.46. The Labute approximate surface area is 90.0 Å². The highest BCUT2D eigenvalue weighted by Crippen LogP contribution is 2.26. The molecule has 0 spiro atoms. The Kier molecular flexibility index (Phi) is 7.83. The van der Waals surface area contributed by atoms with Crippen molar-refractivity contribution in [3.63, 3.8) is 0 Å². The molecule has 1 heteroatoms. The van der Waals surface area contributed by atoms with Gasteiger partial charge in [0.2, 0.25) is 0 Å². The molecular formula is C13H27N. The SMILES string of the molecule is CCCCCCCC(C)(C)C/C=N/C. The number of rotatable bonds is 8. The number of unbranched alkanes of at least 4 members (excludes halogenated alkanes) is 4. The van der Waals surface area contributed by atoms with Crippen LogP contribution in [0.5, 0.6) is 0 Å². The van der Waals surface area contributed by atoms with E-state index in [0.29, 0.717) is 5.41 Å². The highest BCUT2D eigenvalue weighted by Gasteiger charge is 2.15. The molecule has 0 amide bonds. The van der Waals surface area contributed by atoms with Gasteiger partial charge in [0, 0.05) is 7.05 Å². The molecule has 0 aromatic carbocycles. The van der Waals surface area contributed by atoms with Gasteiger partial charge in [0.1, 0.15) is 0 Å². The maximum absolute atomic E-state index is 4.05. The van der Waals surface area contributed by atoms with Crippen LogP contribution in [0.2, 0.25) is 0 Å². The average Bonchev–Trinajstić information content (AvgIpc) is 2.15. The largest absolute Gasteiger partial charge is 0.301 e. The Morgan fingerprint density at radius 2 is 1.71 bits per heavy atom. The van der Waals surface area contributed by atoms with Crippen LogP contribution in [0.1, 0.15) is 65.7 Å². The molecular weight excluding hydrogens is 170 g/mol. The molecule has 0 heterocycles. The van der Waals surface area contributed by atoms with Crippen LogP contribution < -0.4 is 0 Å². The Bertz CT molecular complexity index is 147. The summed E-state index contributed by atoms with van der Waals surface area (Å²) in [5.74, 6) is 0. The van der Waals surface area contributed by atoms with E-state index in [1.807, 2.05) is 13.3 Å². The van der Waals surface area contributed by atoms with Gasteiger partial charge in [-0.3, -0.25) is 0 Å². The van der Waals surface area contributed by atoms with Crippen molar-refractivity contribution < 1.29 is 0 Å². The van der Waals surface area contributed by atoms with Crippen LogP contribution in [0.15, 0.2) is 4.99 Å². The van der Waals surface area contributed by atoms with Crippen LogP contribution in [0.4, 0.5) is 0 Å². The Hall–Kier alpha value is -0.330. The molecule has 14 heavy (non-hydrogen) atoms. The normalized spacial score (nSPS) is 12.6. The molecule has 0 aromatic heterocycles. The smallest absolute Gasteiger partial charge is 0.0273 e. The Morgan fingerprint density at radius 3 is 2.29 bits per heavy atom. The van der Waals surface area contributed by atoms with Crippen LogP contribution in [0.3, 0.4) is 0 Å². The summed E-state index contributed by atoms with van der Waals surface area (Å²) in [6.07, 6.45) is 11.4. The molecule has 0 aromatic rings. The van der Waals surface area contributed by atoms with E-state index in [0.717, 1.165) is 6.42 Å². The van der Waals surface area contributed by atoms with Crippen LogP contribution in [-0.2, 0) is 0 Å². The molecule has 0 aliphatic rings. The predicted molar refractivity (Wildman–Crippen MR) is 66.2 cm³/mol. The topological polar surface area (TPSA) is 12.4 Å². The summed E-state index contributed by atoms with van der Waals surface area (Å²) in [5.41, 5.74) is 0.450. The molecule has 0 saturated carbocycles. The standard InChI is InChI=1S/C13H27N/c1-5-6-7-8-9-10-13(2,3)11-12-14-4/h12H,5-11H2,1-4H3/b14-12+. The van der Waals surface area contributed by atoms with E-state index in [2.05, 4.69) is 25.8 Å². The lowest BCUT2D eigenvalue weighted by atomic mass is 9.84. The van der Waals surface area contributed by atoms with Crippen molar-refractivity contribution in [2.75, 3.05) is 7.05 Å². The summed E-state index contributed by atoms with van der Waals surface area (Å²) in [5, 5.41) is 0. The van der Waals surface area contributed by atoms with E-state index in [9.17, 15) is 0 Å². The zero-order valence-corrected chi connectivity index (χ0v) is 10.5. The second-order valence-electron chi connectivity index (χ2n) is 4.97. The summed E-state index contributed by atoms with van der Waals surface area (Å²) in [6.45, 7) is 6.95. The first-order valence-electron chi connectivity index (χ1n) is 6.03. The molecule has 0 bridgehead atoms. The molecule has 0 aliphatic carbocycles. The lowest BCUT2D eigenvalue weighted by molar-refractivity contribution is 0.335. The minimum absolute atomic E-state index is 0.450. The molecule has 0 saturated heterocycles. The molecule has 0 fully saturated rings. The van der Waals surface area contributed by atoms with Crippen molar-refractivity contribution >= 4 is 6.21 Å². The van der Waals surface area contributed by atoms with Crippen molar-refractivity contribution in [3.8, 4) is 0 Å². The molecule has 1 nitrogen and oxygen atoms in total. The molecule has 0 N–H and O–H groups in total. The zero-order valence-electron chi connectivity index (χ0n) is 10.5. The van der Waals surface area contributed by atoms with Gasteiger partial charge in [-0.15, -0.1) is 0 Å². The first kappa shape index (κ1) is 13.7. The van der Waals surface area contributed by atoms with Gasteiger partial charge in [-0.25, -0.2) is 0 Å². The van der Waals surface area contributed by atoms with E-state index in [4.69, 9.17) is 0 Å². The van der Waals surface area contributed by atoms with Gasteiger partial charge in [0.25, 0.3) is 0 Å². The van der Waals surface area contributed by atoms with Crippen LogP contribution >= 0.6 is 0 Å². The average molecular weight is 197 g/mol. The molecule has 0 atom stereocenters. The third-order valence-corrected chi connectivity index (χ3v) is 2.78. The minimum Gasteiger partial charge on any atom is -0.301 e. The summed E-state index contributed by atoms with van der Waals surface area (Å²) in [4.78, 5) is 4.05. The number of hydrogen-bond acceptors (Lipinski definition) is 1. The van der Waals surface area contributed by atoms with Gasteiger partial charge in [0.05, 0.1) is 0 Å². The van der Waals surface area contributed by atoms with E-state index < -0.39 is 0 Å². The number of aliphatic imine (C=N–C) groups is 1. The van der Waals surface area contributed by atoms with Crippen LogP contribution in [0.25, 0.3) is 0 Å². The molecule has 84 valence electrons. The summed E-state index contributed by atoms with van der Waals surface area (Å²) in [7, 11) is 1.86. The fraction of sp³-hybridized carbons (Fsp3) is 0.923. The second-order valence-corrected chi connectivity index (χ2v) is 4.97. The highest BCUT2D eigenvalue weighted by molar-refractivity contribution is 5.57. The minimum atomic E-state index is 0.450. The van der Waals surface area contributed by atoms with Crippen molar-refractivity contribution in [3.05, 3.63) is 0 Å². The monoisotopic (exact) mass is 197 g/mol. The summed E-state index contributed by atoms with van der Waals surface area (Å²) in [6, 6.07) is 0. The van der Waals surface area contributed by atoms with E-state index in [1.54, 1.807) is 0 Å². The fourth-order valence-electron chi connectivity index (χ4n) is 1.65. The number of nitrogens with zero attached hydrogens (tertiary/aromatic N) is 1. The van der Waals surface area contributed by atoms with Gasteiger partial charge in [-0.05, 0) is 24.5 Å². The van der Waals surface area contributed by atoms with E-state index in [1.165, 1.54) is 38.5 Å². The molecule has 0 unspecified atom stereocenters. The fourth-order valence-corrected chi connectivity index (χ4v) is 1.65. The van der Waals surface area contributed by atoms with Gasteiger partial charge < -0.3 is 4.99 Å². The van der Waals surface area contributed by atoms with E-state index in [-0.39, 0.29) is 0 Å². The van der Waals surface area contributed by atoms with Crippen LogP contribution in [0, 0.1) is 5.41 Å². The molecule has 0 radical (unpaired) electrons. The highest BCUT2D eigenvalue weighted by atomic mass is 14.6. The van der Waals surface area contributed by atoms with Crippen LogP contribution in [-0.4, -0.2) is 13.3 Å². The van der Waals surface area contributed by atoms with Crippen molar-refractivity contribution in [1.29, 1.82) is 0 Å². The third-order valence-electron chi connectivity index (χ3n) is 2.78. The zero-order chi connectivity index (χ0) is 10.9. The lowest BCUT2D eigenvalue weighted by Gasteiger charge is -2.22. The lowest BCUT2D eigenvalue weighted by Crippen LogP contribution is -2.11. The Morgan fingerprint density at radius 1 is 1.07 bits per heavy atom. The quantitative estimate of drug-likeness (QED) is 0.402.